The van der Waals surface area contributed by atoms with E-state index in [1.165, 1.54) is 0 Å². The second-order valence-corrected chi connectivity index (χ2v) is 5.72. The molecule has 0 atom stereocenters. The molecule has 3 heteroatoms. The molecule has 0 aliphatic carbocycles. The average molecular weight is 202 g/mol. The van der Waals surface area contributed by atoms with E-state index in [9.17, 15) is 4.79 Å². The smallest absolute Gasteiger partial charge is 0.306 e. The van der Waals surface area contributed by atoms with Gasteiger partial charge in [-0.15, -0.1) is 0 Å². The lowest BCUT2D eigenvalue weighted by atomic mass is 9.92. The molecule has 0 heterocycles. The lowest BCUT2D eigenvalue weighted by molar-refractivity contribution is -0.149. The van der Waals surface area contributed by atoms with Gasteiger partial charge in [-0.1, -0.05) is 34.6 Å². The van der Waals surface area contributed by atoms with Crippen LogP contribution in [0.1, 0.15) is 41.0 Å². The zero-order valence-corrected chi connectivity index (χ0v) is 9.89. The number of carbonyl (C=O) groups is 1. The maximum atomic E-state index is 11.3. The zero-order valence-electron chi connectivity index (χ0n) is 9.89. The molecule has 0 unspecified atom stereocenters. The predicted molar refractivity (Wildman–Crippen MR) is 55.9 cm³/mol. The topological polar surface area (TPSA) is 46.5 Å². The van der Waals surface area contributed by atoms with Crippen LogP contribution in [0, 0.1) is 10.8 Å². The van der Waals surface area contributed by atoms with Gasteiger partial charge in [0.1, 0.15) is 0 Å². The number of rotatable bonds is 4. The van der Waals surface area contributed by atoms with Gasteiger partial charge >= 0.3 is 5.97 Å². The monoisotopic (exact) mass is 202 g/mol. The molecule has 0 saturated heterocycles. The number of aliphatic hydroxyl groups is 1. The van der Waals surface area contributed by atoms with Gasteiger partial charge in [-0.3, -0.25) is 4.79 Å². The molecule has 0 rings (SSSR count). The Labute approximate surface area is 86.5 Å². The summed E-state index contributed by atoms with van der Waals surface area (Å²) in [6.45, 7) is 9.99. The van der Waals surface area contributed by atoms with Crippen molar-refractivity contribution in [2.24, 2.45) is 10.8 Å². The molecule has 0 amide bonds. The summed E-state index contributed by atoms with van der Waals surface area (Å²) >= 11 is 0. The highest BCUT2D eigenvalue weighted by molar-refractivity contribution is 5.70. The van der Waals surface area contributed by atoms with Gasteiger partial charge in [0.15, 0.2) is 0 Å². The Bertz CT molecular complexity index is 189. The first-order valence-electron chi connectivity index (χ1n) is 4.93. The van der Waals surface area contributed by atoms with Crippen molar-refractivity contribution in [1.82, 2.24) is 0 Å². The van der Waals surface area contributed by atoms with Crippen LogP contribution >= 0.6 is 0 Å². The third kappa shape index (κ3) is 6.89. The van der Waals surface area contributed by atoms with Crippen molar-refractivity contribution in [2.75, 3.05) is 13.2 Å². The van der Waals surface area contributed by atoms with Crippen molar-refractivity contribution >= 4 is 5.97 Å². The van der Waals surface area contributed by atoms with E-state index in [4.69, 9.17) is 9.84 Å². The summed E-state index contributed by atoms with van der Waals surface area (Å²) in [4.78, 5) is 11.3. The molecular formula is C11H22O3. The summed E-state index contributed by atoms with van der Waals surface area (Å²) in [6.07, 6.45) is 0.411. The molecule has 0 bridgehead atoms. The van der Waals surface area contributed by atoms with Crippen LogP contribution in [0.2, 0.25) is 0 Å². The molecule has 84 valence electrons. The third-order valence-corrected chi connectivity index (χ3v) is 1.73. The molecule has 3 nitrogen and oxygen atoms in total. The SMILES string of the molecule is CC(C)(C)CC(=O)OCC(C)(C)CO. The summed E-state index contributed by atoms with van der Waals surface area (Å²) in [5.41, 5.74) is -0.381. The predicted octanol–water partition coefficient (Wildman–Crippen LogP) is 1.98. The maximum Gasteiger partial charge on any atom is 0.306 e. The van der Waals surface area contributed by atoms with E-state index in [2.05, 4.69) is 0 Å². The minimum Gasteiger partial charge on any atom is -0.465 e. The summed E-state index contributed by atoms with van der Waals surface area (Å²) in [5.74, 6) is -0.195. The molecule has 0 aromatic carbocycles. The van der Waals surface area contributed by atoms with Gasteiger partial charge in [-0.05, 0) is 5.41 Å². The first-order valence-corrected chi connectivity index (χ1v) is 4.93. The number of carbonyl (C=O) groups excluding carboxylic acids is 1. The van der Waals surface area contributed by atoms with Gasteiger partial charge in [0.05, 0.1) is 19.6 Å². The van der Waals surface area contributed by atoms with Crippen LogP contribution in [0.25, 0.3) is 0 Å². The van der Waals surface area contributed by atoms with Crippen LogP contribution in [0.5, 0.6) is 0 Å². The molecular weight excluding hydrogens is 180 g/mol. The highest BCUT2D eigenvalue weighted by atomic mass is 16.5. The highest BCUT2D eigenvalue weighted by Crippen LogP contribution is 2.20. The molecule has 0 aromatic rings. The fraction of sp³-hybridized carbons (Fsp3) is 0.909. The van der Waals surface area contributed by atoms with Crippen molar-refractivity contribution < 1.29 is 14.6 Å². The Kier molecular flexibility index (Phi) is 4.59. The van der Waals surface area contributed by atoms with E-state index in [1.54, 1.807) is 0 Å². The standard InChI is InChI=1S/C11H22O3/c1-10(2,3)6-9(13)14-8-11(4,5)7-12/h12H,6-8H2,1-5H3. The first-order chi connectivity index (χ1) is 6.16. The van der Waals surface area contributed by atoms with Gasteiger partial charge in [0.25, 0.3) is 0 Å². The number of aliphatic hydroxyl groups excluding tert-OH is 1. The Morgan fingerprint density at radius 1 is 1.21 bits per heavy atom. The van der Waals surface area contributed by atoms with E-state index in [0.29, 0.717) is 6.42 Å². The Morgan fingerprint density at radius 2 is 1.71 bits per heavy atom. The largest absolute Gasteiger partial charge is 0.465 e. The van der Waals surface area contributed by atoms with E-state index in [1.807, 2.05) is 34.6 Å². The van der Waals surface area contributed by atoms with Gasteiger partial charge in [-0.2, -0.15) is 0 Å². The van der Waals surface area contributed by atoms with E-state index >= 15 is 0 Å². The molecule has 0 aliphatic rings. The van der Waals surface area contributed by atoms with E-state index < -0.39 is 0 Å². The van der Waals surface area contributed by atoms with Crippen molar-refractivity contribution in [3.63, 3.8) is 0 Å². The normalized spacial score (nSPS) is 12.7. The van der Waals surface area contributed by atoms with E-state index in [-0.39, 0.29) is 30.0 Å². The second kappa shape index (κ2) is 4.78. The van der Waals surface area contributed by atoms with Crippen LogP contribution in [0.15, 0.2) is 0 Å². The van der Waals surface area contributed by atoms with Crippen LogP contribution < -0.4 is 0 Å². The minimum atomic E-state index is -0.340. The molecule has 0 fully saturated rings. The molecule has 0 aromatic heterocycles. The number of hydrogen-bond acceptors (Lipinski definition) is 3. The second-order valence-electron chi connectivity index (χ2n) is 5.72. The summed E-state index contributed by atoms with van der Waals surface area (Å²) < 4.78 is 5.07. The molecule has 0 aliphatic heterocycles. The lowest BCUT2D eigenvalue weighted by Crippen LogP contribution is -2.26. The average Bonchev–Trinajstić information content (AvgIpc) is 1.98. The molecule has 14 heavy (non-hydrogen) atoms. The zero-order chi connectivity index (χ0) is 11.4. The van der Waals surface area contributed by atoms with Crippen molar-refractivity contribution in [2.45, 2.75) is 41.0 Å². The molecule has 1 N–H and O–H groups in total. The van der Waals surface area contributed by atoms with Crippen LogP contribution in [0.3, 0.4) is 0 Å². The van der Waals surface area contributed by atoms with Crippen molar-refractivity contribution in [1.29, 1.82) is 0 Å². The summed E-state index contributed by atoms with van der Waals surface area (Å²) in [6, 6.07) is 0. The minimum absolute atomic E-state index is 0.0236. The van der Waals surface area contributed by atoms with Gasteiger partial charge in [0.2, 0.25) is 0 Å². The Balaban J connectivity index is 3.87. The number of hydrogen-bond donors (Lipinski definition) is 1. The molecule has 0 spiro atoms. The Hall–Kier alpha value is -0.570. The molecule has 0 saturated carbocycles. The maximum absolute atomic E-state index is 11.3. The highest BCUT2D eigenvalue weighted by Gasteiger charge is 2.21. The summed E-state index contributed by atoms with van der Waals surface area (Å²) in [7, 11) is 0. The fourth-order valence-corrected chi connectivity index (χ4v) is 0.806. The Morgan fingerprint density at radius 3 is 2.07 bits per heavy atom. The quantitative estimate of drug-likeness (QED) is 0.709. The van der Waals surface area contributed by atoms with Gasteiger partial charge < -0.3 is 9.84 Å². The van der Waals surface area contributed by atoms with Crippen molar-refractivity contribution in [3.8, 4) is 0 Å². The van der Waals surface area contributed by atoms with Crippen LogP contribution in [-0.4, -0.2) is 24.3 Å². The van der Waals surface area contributed by atoms with Crippen molar-refractivity contribution in [3.05, 3.63) is 0 Å². The van der Waals surface area contributed by atoms with Crippen LogP contribution in [-0.2, 0) is 9.53 Å². The van der Waals surface area contributed by atoms with Crippen LogP contribution in [0.4, 0.5) is 0 Å². The summed E-state index contributed by atoms with van der Waals surface area (Å²) in [5, 5.41) is 8.95. The number of esters is 1. The van der Waals surface area contributed by atoms with E-state index in [0.717, 1.165) is 0 Å². The lowest BCUT2D eigenvalue weighted by Gasteiger charge is -2.23. The third-order valence-electron chi connectivity index (χ3n) is 1.73. The fourth-order valence-electron chi connectivity index (χ4n) is 0.806. The van der Waals surface area contributed by atoms with Gasteiger partial charge in [-0.25, -0.2) is 0 Å². The van der Waals surface area contributed by atoms with Gasteiger partial charge in [0, 0.05) is 5.41 Å². The number of ether oxygens (including phenoxy) is 1. The molecule has 0 radical (unpaired) electrons. The first kappa shape index (κ1) is 13.4.